The summed E-state index contributed by atoms with van der Waals surface area (Å²) in [6, 6.07) is 14.9. The van der Waals surface area contributed by atoms with Gasteiger partial charge in [0.2, 0.25) is 0 Å². The molecule has 41 heavy (non-hydrogen) atoms. The Labute approximate surface area is 239 Å². The molecule has 0 saturated carbocycles. The maximum Gasteiger partial charge on any atom is 0.310 e. The summed E-state index contributed by atoms with van der Waals surface area (Å²) in [5.74, 6) is -0.371. The van der Waals surface area contributed by atoms with Crippen LogP contribution in [0.3, 0.4) is 0 Å². The highest BCUT2D eigenvalue weighted by atomic mass is 16.6. The van der Waals surface area contributed by atoms with Gasteiger partial charge in [0.1, 0.15) is 11.4 Å². The van der Waals surface area contributed by atoms with Crippen LogP contribution in [0.5, 0.6) is 5.75 Å². The van der Waals surface area contributed by atoms with Crippen LogP contribution in [0.25, 0.3) is 32.9 Å². The Hall–Kier alpha value is -4.37. The highest BCUT2D eigenvalue weighted by Crippen LogP contribution is 2.35. The zero-order valence-electron chi connectivity index (χ0n) is 24.2. The van der Waals surface area contributed by atoms with Crippen molar-refractivity contribution >= 4 is 39.6 Å². The Kier molecular flexibility index (Phi) is 7.48. The number of hydrogen-bond donors (Lipinski definition) is 2. The Morgan fingerprint density at radius 1 is 0.927 bits per heavy atom. The number of hydrogen-bond acceptors (Lipinski definition) is 6. The number of aromatic nitrogens is 1. The van der Waals surface area contributed by atoms with Crippen molar-refractivity contribution in [3.8, 4) is 16.9 Å². The van der Waals surface area contributed by atoms with E-state index in [9.17, 15) is 14.4 Å². The normalized spacial score (nSPS) is 14.4. The average molecular weight is 557 g/mol. The number of primary amides is 1. The first kappa shape index (κ1) is 28.2. The lowest BCUT2D eigenvalue weighted by Crippen LogP contribution is -2.47. The van der Waals surface area contributed by atoms with Gasteiger partial charge in [0, 0.05) is 53.6 Å². The molecule has 0 unspecified atom stereocenters. The molecule has 2 amide bonds. The molecule has 1 aliphatic rings. The van der Waals surface area contributed by atoms with Crippen molar-refractivity contribution in [2.75, 3.05) is 40.3 Å². The third-order valence-electron chi connectivity index (χ3n) is 7.39. The van der Waals surface area contributed by atoms with Gasteiger partial charge in [-0.1, -0.05) is 18.2 Å². The molecule has 1 aliphatic heterocycles. The standard InChI is InChI=1S/C32H36N4O5/c1-32(2,3)41-28(37)18-20-7-6-19(17-27(20)40-5)22-14-24-23-9-8-21(31(39)36-12-10-35(4)11-13-36)16-26(23)34-29(24)25(15-22)30(33)38/h6-9,14-17,34H,10-13,18H2,1-5H3,(H2,33,38). The van der Waals surface area contributed by atoms with Crippen LogP contribution in [-0.4, -0.2) is 78.5 Å². The Bertz CT molecular complexity index is 1660. The number of H-pyrrole nitrogens is 1. The van der Waals surface area contributed by atoms with Crippen LogP contribution < -0.4 is 10.5 Å². The SMILES string of the molecule is COc1cc(-c2cc(C(N)=O)c3[nH]c4cc(C(=O)N5CCN(C)CC5)ccc4c3c2)ccc1CC(=O)OC(C)(C)C. The number of ether oxygens (including phenoxy) is 2. The Balaban J connectivity index is 1.52. The molecule has 0 spiro atoms. The van der Waals surface area contributed by atoms with Crippen molar-refractivity contribution in [1.82, 2.24) is 14.8 Å². The van der Waals surface area contributed by atoms with Gasteiger partial charge in [-0.2, -0.15) is 0 Å². The van der Waals surface area contributed by atoms with Crippen LogP contribution in [0.15, 0.2) is 48.5 Å². The number of nitrogens with one attached hydrogen (secondary N) is 1. The smallest absolute Gasteiger partial charge is 0.310 e. The molecular weight excluding hydrogens is 520 g/mol. The molecular formula is C32H36N4O5. The van der Waals surface area contributed by atoms with Gasteiger partial charge in [0.15, 0.2) is 0 Å². The average Bonchev–Trinajstić information content (AvgIpc) is 3.29. The van der Waals surface area contributed by atoms with Crippen LogP contribution in [0.4, 0.5) is 0 Å². The van der Waals surface area contributed by atoms with Crippen LogP contribution >= 0.6 is 0 Å². The molecule has 1 fully saturated rings. The number of nitrogens with zero attached hydrogens (tertiary/aromatic N) is 2. The molecule has 9 heteroatoms. The summed E-state index contributed by atoms with van der Waals surface area (Å²) >= 11 is 0. The number of likely N-dealkylation sites (N-methyl/N-ethyl adjacent to an activating group) is 1. The third kappa shape index (κ3) is 5.90. The van der Waals surface area contributed by atoms with Crippen molar-refractivity contribution in [3.05, 3.63) is 65.2 Å². The Morgan fingerprint density at radius 3 is 2.32 bits per heavy atom. The summed E-state index contributed by atoms with van der Waals surface area (Å²) in [5.41, 5.74) is 9.83. The van der Waals surface area contributed by atoms with Gasteiger partial charge in [-0.05, 0) is 69.3 Å². The molecule has 5 rings (SSSR count). The van der Waals surface area contributed by atoms with E-state index in [1.165, 1.54) is 0 Å². The van der Waals surface area contributed by atoms with Gasteiger partial charge in [0.25, 0.3) is 11.8 Å². The minimum absolute atomic E-state index is 0.00645. The van der Waals surface area contributed by atoms with Gasteiger partial charge in [0.05, 0.1) is 24.6 Å². The van der Waals surface area contributed by atoms with E-state index >= 15 is 0 Å². The lowest BCUT2D eigenvalue weighted by molar-refractivity contribution is -0.153. The lowest BCUT2D eigenvalue weighted by atomic mass is 9.97. The molecule has 0 radical (unpaired) electrons. The van der Waals surface area contributed by atoms with E-state index in [0.717, 1.165) is 40.5 Å². The molecule has 0 atom stereocenters. The number of carbonyl (C=O) groups is 3. The molecule has 214 valence electrons. The second kappa shape index (κ2) is 10.9. The fourth-order valence-electron chi connectivity index (χ4n) is 5.30. The fourth-order valence-corrected chi connectivity index (χ4v) is 5.30. The minimum Gasteiger partial charge on any atom is -0.496 e. The summed E-state index contributed by atoms with van der Waals surface area (Å²) in [6.07, 6.45) is 0.0733. The quantitative estimate of drug-likeness (QED) is 0.341. The molecule has 0 aliphatic carbocycles. The fraction of sp³-hybridized carbons (Fsp3) is 0.344. The molecule has 4 aromatic rings. The van der Waals surface area contributed by atoms with Gasteiger partial charge < -0.3 is 30.0 Å². The summed E-state index contributed by atoms with van der Waals surface area (Å²) in [6.45, 7) is 8.55. The highest BCUT2D eigenvalue weighted by molar-refractivity contribution is 6.17. The van der Waals surface area contributed by atoms with E-state index in [1.807, 2.05) is 68.1 Å². The van der Waals surface area contributed by atoms with Crippen LogP contribution in [0.2, 0.25) is 0 Å². The number of fused-ring (bicyclic) bond motifs is 3. The van der Waals surface area contributed by atoms with Crippen molar-refractivity contribution in [1.29, 1.82) is 0 Å². The van der Waals surface area contributed by atoms with E-state index in [1.54, 1.807) is 13.2 Å². The second-order valence-electron chi connectivity index (χ2n) is 11.6. The zero-order chi connectivity index (χ0) is 29.5. The van der Waals surface area contributed by atoms with Gasteiger partial charge in [-0.3, -0.25) is 14.4 Å². The van der Waals surface area contributed by atoms with Crippen molar-refractivity contribution in [2.45, 2.75) is 32.8 Å². The highest BCUT2D eigenvalue weighted by Gasteiger charge is 2.22. The molecule has 1 saturated heterocycles. The molecule has 1 aromatic heterocycles. The maximum atomic E-state index is 13.2. The third-order valence-corrected chi connectivity index (χ3v) is 7.39. The number of benzene rings is 3. The van der Waals surface area contributed by atoms with Crippen molar-refractivity contribution in [2.24, 2.45) is 5.73 Å². The van der Waals surface area contributed by atoms with E-state index in [-0.39, 0.29) is 18.3 Å². The largest absolute Gasteiger partial charge is 0.496 e. The van der Waals surface area contributed by atoms with Crippen LogP contribution in [-0.2, 0) is 16.0 Å². The molecule has 2 heterocycles. The molecule has 0 bridgehead atoms. The van der Waals surface area contributed by atoms with Crippen molar-refractivity contribution < 1.29 is 23.9 Å². The predicted molar refractivity (Wildman–Crippen MR) is 159 cm³/mol. The minimum atomic E-state index is -0.581. The predicted octanol–water partition coefficient (Wildman–Crippen LogP) is 4.37. The molecule has 3 aromatic carbocycles. The first-order valence-electron chi connectivity index (χ1n) is 13.7. The lowest BCUT2D eigenvalue weighted by Gasteiger charge is -2.32. The number of aromatic amines is 1. The van der Waals surface area contributed by atoms with Gasteiger partial charge in [-0.15, -0.1) is 0 Å². The molecule has 3 N–H and O–H groups in total. The van der Waals surface area contributed by atoms with E-state index in [4.69, 9.17) is 15.2 Å². The first-order valence-corrected chi connectivity index (χ1v) is 13.7. The van der Waals surface area contributed by atoms with Crippen LogP contribution in [0, 0.1) is 0 Å². The monoisotopic (exact) mass is 556 g/mol. The summed E-state index contributed by atoms with van der Waals surface area (Å²) < 4.78 is 11.1. The number of carbonyl (C=O) groups excluding carboxylic acids is 3. The summed E-state index contributed by atoms with van der Waals surface area (Å²) in [4.78, 5) is 45.6. The topological polar surface area (TPSA) is 118 Å². The number of amides is 2. The molecule has 9 nitrogen and oxygen atoms in total. The number of piperazine rings is 1. The van der Waals surface area contributed by atoms with E-state index < -0.39 is 11.5 Å². The van der Waals surface area contributed by atoms with Crippen molar-refractivity contribution in [3.63, 3.8) is 0 Å². The van der Waals surface area contributed by atoms with Gasteiger partial charge >= 0.3 is 5.97 Å². The van der Waals surface area contributed by atoms with E-state index in [2.05, 4.69) is 16.9 Å². The number of rotatable bonds is 6. The number of nitrogens with two attached hydrogens (primary N) is 1. The van der Waals surface area contributed by atoms with E-state index in [0.29, 0.717) is 41.0 Å². The summed E-state index contributed by atoms with van der Waals surface area (Å²) in [5, 5.41) is 1.70. The Morgan fingerprint density at radius 2 is 1.66 bits per heavy atom. The first-order chi connectivity index (χ1) is 19.4. The second-order valence-corrected chi connectivity index (χ2v) is 11.6. The zero-order valence-corrected chi connectivity index (χ0v) is 24.2. The summed E-state index contributed by atoms with van der Waals surface area (Å²) in [7, 11) is 3.61. The van der Waals surface area contributed by atoms with Gasteiger partial charge in [-0.25, -0.2) is 0 Å². The maximum absolute atomic E-state index is 13.2. The van der Waals surface area contributed by atoms with Crippen LogP contribution in [0.1, 0.15) is 47.1 Å². The number of methoxy groups -OCH3 is 1. The number of esters is 1.